The number of nitrogens with two attached hydrogens (primary N) is 1. The molecule has 0 aliphatic rings. The third kappa shape index (κ3) is 5.42. The topological polar surface area (TPSA) is 46.2 Å². The second-order valence-corrected chi connectivity index (χ2v) is 5.64. The van der Waals surface area contributed by atoms with Crippen LogP contribution in [0.1, 0.15) is 19.4 Å². The van der Waals surface area contributed by atoms with Crippen LogP contribution in [-0.2, 0) is 6.42 Å². The summed E-state index contributed by atoms with van der Waals surface area (Å²) in [7, 11) is 0. The van der Waals surface area contributed by atoms with E-state index in [0.29, 0.717) is 5.75 Å². The molecule has 3 heteroatoms. The Morgan fingerprint density at radius 2 is 1.81 bits per heavy atom. The highest BCUT2D eigenvalue weighted by molar-refractivity contribution is 7.99. The van der Waals surface area contributed by atoms with E-state index < -0.39 is 0 Å². The number of thioether (sulfide) groups is 1. The molecule has 0 aliphatic heterocycles. The minimum absolute atomic E-state index is 0.202. The zero-order valence-corrected chi connectivity index (χ0v) is 10.8. The molecule has 0 saturated heterocycles. The Bertz CT molecular complexity index is 297. The van der Waals surface area contributed by atoms with Crippen molar-refractivity contribution >= 4 is 11.8 Å². The molecular weight excluding hydrogens is 218 g/mol. The van der Waals surface area contributed by atoms with Crippen LogP contribution in [0.2, 0.25) is 0 Å². The van der Waals surface area contributed by atoms with Crippen LogP contribution in [0.4, 0.5) is 0 Å². The van der Waals surface area contributed by atoms with E-state index in [-0.39, 0.29) is 6.04 Å². The molecule has 0 radical (unpaired) electrons. The molecule has 0 heterocycles. The molecule has 0 saturated carbocycles. The van der Waals surface area contributed by atoms with E-state index in [0.717, 1.165) is 18.1 Å². The lowest BCUT2D eigenvalue weighted by Gasteiger charge is -2.12. The van der Waals surface area contributed by atoms with Crippen molar-refractivity contribution in [2.75, 3.05) is 11.5 Å². The van der Waals surface area contributed by atoms with Crippen LogP contribution in [0, 0.1) is 5.92 Å². The first-order valence-electron chi connectivity index (χ1n) is 5.69. The number of rotatable bonds is 6. The van der Waals surface area contributed by atoms with Crippen molar-refractivity contribution in [2.24, 2.45) is 11.7 Å². The molecular formula is C13H21NOS. The van der Waals surface area contributed by atoms with Gasteiger partial charge in [0.05, 0.1) is 0 Å². The first kappa shape index (κ1) is 13.4. The summed E-state index contributed by atoms with van der Waals surface area (Å²) in [6.07, 6.45) is 0.880. The summed E-state index contributed by atoms with van der Waals surface area (Å²) in [4.78, 5) is 0. The Morgan fingerprint density at radius 1 is 1.19 bits per heavy atom. The fourth-order valence-corrected chi connectivity index (χ4v) is 2.48. The van der Waals surface area contributed by atoms with Gasteiger partial charge >= 0.3 is 0 Å². The van der Waals surface area contributed by atoms with E-state index in [1.165, 1.54) is 11.3 Å². The summed E-state index contributed by atoms with van der Waals surface area (Å²) in [5, 5.41) is 9.16. The van der Waals surface area contributed by atoms with E-state index >= 15 is 0 Å². The predicted molar refractivity (Wildman–Crippen MR) is 71.9 cm³/mol. The zero-order valence-electron chi connectivity index (χ0n) is 10.0. The fourth-order valence-electron chi connectivity index (χ4n) is 1.45. The van der Waals surface area contributed by atoms with Crippen molar-refractivity contribution in [3.05, 3.63) is 29.8 Å². The number of phenolic OH excluding ortho intramolecular Hbond substituents is 1. The van der Waals surface area contributed by atoms with Crippen molar-refractivity contribution in [3.8, 4) is 5.75 Å². The molecule has 1 aromatic carbocycles. The quantitative estimate of drug-likeness (QED) is 0.802. The van der Waals surface area contributed by atoms with Gasteiger partial charge in [-0.1, -0.05) is 26.0 Å². The van der Waals surface area contributed by atoms with E-state index in [1.807, 2.05) is 23.9 Å². The number of benzene rings is 1. The molecule has 16 heavy (non-hydrogen) atoms. The molecule has 0 spiro atoms. The maximum atomic E-state index is 9.16. The molecule has 3 N–H and O–H groups in total. The largest absolute Gasteiger partial charge is 0.508 e. The molecule has 0 aromatic heterocycles. The highest BCUT2D eigenvalue weighted by Crippen LogP contribution is 2.13. The van der Waals surface area contributed by atoms with E-state index in [1.54, 1.807) is 12.1 Å². The summed E-state index contributed by atoms with van der Waals surface area (Å²) >= 11 is 1.92. The molecule has 1 unspecified atom stereocenters. The number of hydrogen-bond donors (Lipinski definition) is 2. The summed E-state index contributed by atoms with van der Waals surface area (Å²) in [5.74, 6) is 3.21. The Kier molecular flexibility index (Phi) is 5.71. The molecule has 0 amide bonds. The van der Waals surface area contributed by atoms with Gasteiger partial charge in [-0.15, -0.1) is 0 Å². The molecule has 1 rings (SSSR count). The van der Waals surface area contributed by atoms with Gasteiger partial charge in [-0.05, 0) is 35.8 Å². The van der Waals surface area contributed by atoms with Gasteiger partial charge in [0.2, 0.25) is 0 Å². The molecule has 0 fully saturated rings. The normalized spacial score (nSPS) is 13.0. The second-order valence-electron chi connectivity index (χ2n) is 4.56. The lowest BCUT2D eigenvalue weighted by Crippen LogP contribution is -2.25. The van der Waals surface area contributed by atoms with Crippen LogP contribution in [-0.4, -0.2) is 22.7 Å². The minimum atomic E-state index is 0.202. The van der Waals surface area contributed by atoms with Gasteiger partial charge in [0, 0.05) is 11.8 Å². The molecule has 90 valence electrons. The highest BCUT2D eigenvalue weighted by Gasteiger charge is 2.05. The lowest BCUT2D eigenvalue weighted by atomic mass is 10.1. The fraction of sp³-hybridized carbons (Fsp3) is 0.538. The van der Waals surface area contributed by atoms with Crippen molar-refractivity contribution in [1.29, 1.82) is 0 Å². The van der Waals surface area contributed by atoms with Gasteiger partial charge in [0.25, 0.3) is 0 Å². The van der Waals surface area contributed by atoms with Gasteiger partial charge in [-0.3, -0.25) is 0 Å². The minimum Gasteiger partial charge on any atom is -0.508 e. The van der Waals surface area contributed by atoms with Crippen LogP contribution >= 0.6 is 11.8 Å². The maximum absolute atomic E-state index is 9.16. The van der Waals surface area contributed by atoms with Crippen LogP contribution in [0.5, 0.6) is 5.75 Å². The van der Waals surface area contributed by atoms with Crippen LogP contribution in [0.3, 0.4) is 0 Å². The third-order valence-corrected chi connectivity index (χ3v) is 3.78. The van der Waals surface area contributed by atoms with Crippen LogP contribution in [0.15, 0.2) is 24.3 Å². The van der Waals surface area contributed by atoms with Crippen molar-refractivity contribution in [1.82, 2.24) is 0 Å². The Morgan fingerprint density at radius 3 is 2.38 bits per heavy atom. The highest BCUT2D eigenvalue weighted by atomic mass is 32.2. The van der Waals surface area contributed by atoms with E-state index in [4.69, 9.17) is 10.8 Å². The number of phenols is 1. The summed E-state index contributed by atoms with van der Waals surface area (Å²) < 4.78 is 0. The smallest absolute Gasteiger partial charge is 0.115 e. The van der Waals surface area contributed by atoms with Crippen molar-refractivity contribution in [3.63, 3.8) is 0 Å². The summed E-state index contributed by atoms with van der Waals surface area (Å²) in [6.45, 7) is 4.44. The number of hydrogen-bond acceptors (Lipinski definition) is 3. The molecule has 1 atom stereocenters. The monoisotopic (exact) mass is 239 g/mol. The van der Waals surface area contributed by atoms with Crippen LogP contribution < -0.4 is 5.73 Å². The predicted octanol–water partition coefficient (Wildman–Crippen LogP) is 2.65. The Labute approximate surface area is 102 Å². The van der Waals surface area contributed by atoms with Gasteiger partial charge in [-0.25, -0.2) is 0 Å². The standard InChI is InChI=1S/C13H21NOS/c1-10(2)8-16-9-12(14)7-11-3-5-13(15)6-4-11/h3-6,10,12,15H,7-9,14H2,1-2H3. The maximum Gasteiger partial charge on any atom is 0.115 e. The first-order chi connectivity index (χ1) is 7.58. The van der Waals surface area contributed by atoms with Crippen molar-refractivity contribution in [2.45, 2.75) is 26.3 Å². The van der Waals surface area contributed by atoms with E-state index in [2.05, 4.69) is 13.8 Å². The average molecular weight is 239 g/mol. The Hall–Kier alpha value is -0.670. The van der Waals surface area contributed by atoms with E-state index in [9.17, 15) is 0 Å². The SMILES string of the molecule is CC(C)CSCC(N)Cc1ccc(O)cc1. The zero-order chi connectivity index (χ0) is 12.0. The Balaban J connectivity index is 2.28. The third-order valence-electron chi connectivity index (χ3n) is 2.22. The van der Waals surface area contributed by atoms with Gasteiger partial charge in [0.15, 0.2) is 0 Å². The lowest BCUT2D eigenvalue weighted by molar-refractivity contribution is 0.475. The molecule has 2 nitrogen and oxygen atoms in total. The summed E-state index contributed by atoms with van der Waals surface area (Å²) in [6, 6.07) is 7.49. The average Bonchev–Trinajstić information content (AvgIpc) is 2.21. The van der Waals surface area contributed by atoms with Crippen molar-refractivity contribution < 1.29 is 5.11 Å². The van der Waals surface area contributed by atoms with Gasteiger partial charge in [0.1, 0.15) is 5.75 Å². The summed E-state index contributed by atoms with van der Waals surface area (Å²) in [5.41, 5.74) is 7.24. The van der Waals surface area contributed by atoms with Crippen LogP contribution in [0.25, 0.3) is 0 Å². The van der Waals surface area contributed by atoms with Gasteiger partial charge in [-0.2, -0.15) is 11.8 Å². The van der Waals surface area contributed by atoms with Gasteiger partial charge < -0.3 is 10.8 Å². The molecule has 0 bridgehead atoms. The second kappa shape index (κ2) is 6.81. The molecule has 0 aliphatic carbocycles. The number of aromatic hydroxyl groups is 1. The molecule has 1 aromatic rings. The first-order valence-corrected chi connectivity index (χ1v) is 6.84.